The summed E-state index contributed by atoms with van der Waals surface area (Å²) in [5, 5.41) is 3.35. The Labute approximate surface area is 120 Å². The quantitative estimate of drug-likeness (QED) is 0.918. The van der Waals surface area contributed by atoms with Crippen LogP contribution >= 0.6 is 0 Å². The van der Waals surface area contributed by atoms with E-state index in [0.29, 0.717) is 6.42 Å². The molecule has 1 fully saturated rings. The van der Waals surface area contributed by atoms with Crippen LogP contribution in [-0.2, 0) is 4.79 Å². The summed E-state index contributed by atoms with van der Waals surface area (Å²) >= 11 is 0. The van der Waals surface area contributed by atoms with Crippen LogP contribution in [0.2, 0.25) is 0 Å². The van der Waals surface area contributed by atoms with E-state index in [1.165, 1.54) is 32.4 Å². The van der Waals surface area contributed by atoms with Crippen LogP contribution in [0.15, 0.2) is 24.3 Å². The molecule has 0 aromatic heterocycles. The van der Waals surface area contributed by atoms with Crippen molar-refractivity contribution in [2.24, 2.45) is 0 Å². The van der Waals surface area contributed by atoms with Crippen LogP contribution in [-0.4, -0.2) is 43.5 Å². The number of nitrogens with zero attached hydrogens (tertiary/aromatic N) is 2. The van der Waals surface area contributed by atoms with Gasteiger partial charge in [-0.3, -0.25) is 4.79 Å². The van der Waals surface area contributed by atoms with Gasteiger partial charge in [-0.05, 0) is 38.1 Å². The first-order valence-electron chi connectivity index (χ1n) is 7.70. The summed E-state index contributed by atoms with van der Waals surface area (Å²) in [7, 11) is 0. The highest BCUT2D eigenvalue weighted by Crippen LogP contribution is 2.28. The van der Waals surface area contributed by atoms with Gasteiger partial charge in [-0.2, -0.15) is 0 Å². The maximum atomic E-state index is 12.3. The monoisotopic (exact) mass is 273 g/mol. The fourth-order valence-electron chi connectivity index (χ4n) is 3.10. The first-order valence-corrected chi connectivity index (χ1v) is 7.70. The van der Waals surface area contributed by atoms with Gasteiger partial charge in [0.15, 0.2) is 0 Å². The van der Waals surface area contributed by atoms with Crippen molar-refractivity contribution in [3.8, 4) is 0 Å². The summed E-state index contributed by atoms with van der Waals surface area (Å²) in [6, 6.07) is 8.13. The van der Waals surface area contributed by atoms with Crippen LogP contribution < -0.4 is 10.2 Å². The molecule has 20 heavy (non-hydrogen) atoms. The van der Waals surface area contributed by atoms with Crippen molar-refractivity contribution in [2.45, 2.75) is 25.7 Å². The Kier molecular flexibility index (Phi) is 4.21. The zero-order valence-corrected chi connectivity index (χ0v) is 12.0. The topological polar surface area (TPSA) is 35.6 Å². The van der Waals surface area contributed by atoms with Gasteiger partial charge in [0, 0.05) is 26.1 Å². The van der Waals surface area contributed by atoms with Gasteiger partial charge >= 0.3 is 0 Å². The number of anilines is 2. The Morgan fingerprint density at radius 3 is 2.70 bits per heavy atom. The molecule has 1 aromatic rings. The van der Waals surface area contributed by atoms with E-state index in [4.69, 9.17) is 0 Å². The van der Waals surface area contributed by atoms with Gasteiger partial charge in [-0.25, -0.2) is 0 Å². The molecule has 2 aliphatic rings. The molecule has 0 saturated carbocycles. The van der Waals surface area contributed by atoms with Crippen LogP contribution in [0.1, 0.15) is 25.7 Å². The second kappa shape index (κ2) is 6.27. The molecule has 1 amide bonds. The van der Waals surface area contributed by atoms with Crippen LogP contribution in [0, 0.1) is 0 Å². The molecule has 108 valence electrons. The van der Waals surface area contributed by atoms with Gasteiger partial charge < -0.3 is 15.1 Å². The number of carbonyl (C=O) groups excluding carboxylic acids is 1. The zero-order chi connectivity index (χ0) is 13.8. The number of fused-ring (bicyclic) bond motifs is 1. The molecule has 0 spiro atoms. The van der Waals surface area contributed by atoms with Gasteiger partial charge in [0.1, 0.15) is 0 Å². The van der Waals surface area contributed by atoms with E-state index in [0.717, 1.165) is 31.0 Å². The van der Waals surface area contributed by atoms with Gasteiger partial charge in [-0.15, -0.1) is 0 Å². The molecule has 4 nitrogen and oxygen atoms in total. The summed E-state index contributed by atoms with van der Waals surface area (Å²) in [5.74, 6) is 0.236. The van der Waals surface area contributed by atoms with E-state index in [2.05, 4.69) is 16.3 Å². The fraction of sp³-hybridized carbons (Fsp3) is 0.562. The predicted octanol–water partition coefficient (Wildman–Crippen LogP) is 2.32. The lowest BCUT2D eigenvalue weighted by atomic mass is 10.1. The van der Waals surface area contributed by atoms with Crippen LogP contribution in [0.25, 0.3) is 0 Å². The maximum absolute atomic E-state index is 12.3. The van der Waals surface area contributed by atoms with E-state index >= 15 is 0 Å². The normalized spacial score (nSPS) is 20.2. The Bertz CT molecular complexity index is 469. The van der Waals surface area contributed by atoms with Crippen LogP contribution in [0.3, 0.4) is 0 Å². The molecule has 0 unspecified atom stereocenters. The minimum atomic E-state index is 0.236. The fourth-order valence-corrected chi connectivity index (χ4v) is 3.10. The number of hydrogen-bond acceptors (Lipinski definition) is 3. The second-order valence-corrected chi connectivity index (χ2v) is 5.64. The van der Waals surface area contributed by atoms with Gasteiger partial charge in [0.05, 0.1) is 11.4 Å². The van der Waals surface area contributed by atoms with Crippen molar-refractivity contribution in [2.75, 3.05) is 42.9 Å². The number of amides is 1. The second-order valence-electron chi connectivity index (χ2n) is 5.64. The van der Waals surface area contributed by atoms with Crippen molar-refractivity contribution in [3.63, 3.8) is 0 Å². The predicted molar refractivity (Wildman–Crippen MR) is 82.2 cm³/mol. The minimum absolute atomic E-state index is 0.236. The molecule has 3 rings (SSSR count). The molecule has 0 radical (unpaired) electrons. The summed E-state index contributed by atoms with van der Waals surface area (Å²) in [6.07, 6.45) is 4.53. The lowest BCUT2D eigenvalue weighted by Gasteiger charge is -2.30. The third kappa shape index (κ3) is 2.96. The molecule has 1 N–H and O–H groups in total. The Morgan fingerprint density at radius 1 is 1.05 bits per heavy atom. The van der Waals surface area contributed by atoms with E-state index in [1.807, 2.05) is 23.1 Å². The van der Waals surface area contributed by atoms with Crippen molar-refractivity contribution < 1.29 is 4.79 Å². The summed E-state index contributed by atoms with van der Waals surface area (Å²) in [4.78, 5) is 16.8. The average molecular weight is 273 g/mol. The van der Waals surface area contributed by atoms with E-state index in [-0.39, 0.29) is 5.91 Å². The summed E-state index contributed by atoms with van der Waals surface area (Å²) < 4.78 is 0. The molecule has 2 heterocycles. The zero-order valence-electron chi connectivity index (χ0n) is 12.0. The molecule has 2 aliphatic heterocycles. The standard InChI is InChI=1S/C16H23N3O/c20-16-8-9-17-14-6-2-3-7-15(14)19(16)13-12-18-10-4-1-5-11-18/h2-3,6-7,17H,1,4-5,8-13H2. The molecule has 1 saturated heterocycles. The Morgan fingerprint density at radius 2 is 1.85 bits per heavy atom. The first kappa shape index (κ1) is 13.4. The molecule has 0 bridgehead atoms. The number of hydrogen-bond donors (Lipinski definition) is 1. The van der Waals surface area contributed by atoms with Crippen LogP contribution in [0.5, 0.6) is 0 Å². The number of para-hydroxylation sites is 2. The highest BCUT2D eigenvalue weighted by Gasteiger charge is 2.22. The SMILES string of the molecule is O=C1CCNc2ccccc2N1CCN1CCCCC1. The molecule has 1 aromatic carbocycles. The smallest absolute Gasteiger partial charge is 0.228 e. The number of carbonyl (C=O) groups is 1. The number of rotatable bonds is 3. The number of likely N-dealkylation sites (tertiary alicyclic amines) is 1. The maximum Gasteiger partial charge on any atom is 0.228 e. The first-order chi connectivity index (χ1) is 9.84. The largest absolute Gasteiger partial charge is 0.383 e. The molecule has 4 heteroatoms. The van der Waals surface area contributed by atoms with E-state index in [9.17, 15) is 4.79 Å². The number of piperidine rings is 1. The third-order valence-corrected chi connectivity index (χ3v) is 4.24. The molecular weight excluding hydrogens is 250 g/mol. The van der Waals surface area contributed by atoms with Crippen molar-refractivity contribution >= 4 is 17.3 Å². The third-order valence-electron chi connectivity index (χ3n) is 4.24. The lowest BCUT2D eigenvalue weighted by molar-refractivity contribution is -0.118. The van der Waals surface area contributed by atoms with Gasteiger partial charge in [0.2, 0.25) is 5.91 Å². The van der Waals surface area contributed by atoms with E-state index < -0.39 is 0 Å². The van der Waals surface area contributed by atoms with Crippen LogP contribution in [0.4, 0.5) is 11.4 Å². The summed E-state index contributed by atoms with van der Waals surface area (Å²) in [5.41, 5.74) is 2.11. The highest BCUT2D eigenvalue weighted by atomic mass is 16.2. The Balaban J connectivity index is 1.71. The van der Waals surface area contributed by atoms with Crippen molar-refractivity contribution in [1.29, 1.82) is 0 Å². The molecule has 0 aliphatic carbocycles. The number of nitrogens with one attached hydrogen (secondary N) is 1. The lowest BCUT2D eigenvalue weighted by Crippen LogP contribution is -2.40. The molecule has 0 atom stereocenters. The van der Waals surface area contributed by atoms with Crippen molar-refractivity contribution in [3.05, 3.63) is 24.3 Å². The average Bonchev–Trinajstić information content (AvgIpc) is 2.65. The number of benzene rings is 1. The van der Waals surface area contributed by atoms with Gasteiger partial charge in [0.25, 0.3) is 0 Å². The summed E-state index contributed by atoms with van der Waals surface area (Å²) in [6.45, 7) is 4.89. The minimum Gasteiger partial charge on any atom is -0.383 e. The Hall–Kier alpha value is -1.55. The van der Waals surface area contributed by atoms with Crippen molar-refractivity contribution in [1.82, 2.24) is 4.90 Å². The molecular formula is C16H23N3O. The highest BCUT2D eigenvalue weighted by molar-refractivity contribution is 5.98. The van der Waals surface area contributed by atoms with E-state index in [1.54, 1.807) is 0 Å². The van der Waals surface area contributed by atoms with Gasteiger partial charge in [-0.1, -0.05) is 18.6 Å².